The standard InChI is InChI=1S/C16H25NO2/c1-5-18-15-8-6-7-14(11-13(4)17)16(15)19-10-9-12(2)3/h6-8,13H,2,5,9-11,17H2,1,3-4H3. The van der Waals surface area contributed by atoms with Crippen LogP contribution in [0.3, 0.4) is 0 Å². The first-order valence-electron chi connectivity index (χ1n) is 6.82. The third kappa shape index (κ3) is 5.35. The van der Waals surface area contributed by atoms with E-state index in [-0.39, 0.29) is 6.04 Å². The fourth-order valence-corrected chi connectivity index (χ4v) is 1.83. The van der Waals surface area contributed by atoms with Crippen molar-refractivity contribution in [1.29, 1.82) is 0 Å². The van der Waals surface area contributed by atoms with E-state index in [1.807, 2.05) is 39.0 Å². The zero-order chi connectivity index (χ0) is 14.3. The molecule has 0 aliphatic carbocycles. The van der Waals surface area contributed by atoms with Gasteiger partial charge in [0.2, 0.25) is 0 Å². The number of hydrogen-bond acceptors (Lipinski definition) is 3. The van der Waals surface area contributed by atoms with E-state index >= 15 is 0 Å². The normalized spacial score (nSPS) is 12.0. The number of ether oxygens (including phenoxy) is 2. The van der Waals surface area contributed by atoms with Crippen LogP contribution in [0.25, 0.3) is 0 Å². The molecule has 0 fully saturated rings. The van der Waals surface area contributed by atoms with Crippen LogP contribution < -0.4 is 15.2 Å². The number of para-hydroxylation sites is 1. The molecule has 1 aromatic rings. The fraction of sp³-hybridized carbons (Fsp3) is 0.500. The second-order valence-corrected chi connectivity index (χ2v) is 4.91. The highest BCUT2D eigenvalue weighted by atomic mass is 16.5. The average molecular weight is 263 g/mol. The van der Waals surface area contributed by atoms with Gasteiger partial charge in [0, 0.05) is 12.5 Å². The minimum Gasteiger partial charge on any atom is -0.490 e. The summed E-state index contributed by atoms with van der Waals surface area (Å²) >= 11 is 0. The van der Waals surface area contributed by atoms with Gasteiger partial charge in [0.1, 0.15) is 0 Å². The van der Waals surface area contributed by atoms with Crippen LogP contribution in [-0.4, -0.2) is 19.3 Å². The highest BCUT2D eigenvalue weighted by Gasteiger charge is 2.12. The maximum atomic E-state index is 5.89. The molecular weight excluding hydrogens is 238 g/mol. The van der Waals surface area contributed by atoms with Crippen molar-refractivity contribution in [3.8, 4) is 11.5 Å². The van der Waals surface area contributed by atoms with Crippen LogP contribution in [0, 0.1) is 0 Å². The third-order valence-electron chi connectivity index (χ3n) is 2.68. The van der Waals surface area contributed by atoms with E-state index in [9.17, 15) is 0 Å². The minimum atomic E-state index is 0.0976. The lowest BCUT2D eigenvalue weighted by Crippen LogP contribution is -2.18. The number of hydrogen-bond donors (Lipinski definition) is 1. The third-order valence-corrected chi connectivity index (χ3v) is 2.68. The van der Waals surface area contributed by atoms with Crippen LogP contribution in [0.2, 0.25) is 0 Å². The molecule has 0 saturated heterocycles. The molecule has 19 heavy (non-hydrogen) atoms. The predicted octanol–water partition coefficient (Wildman–Crippen LogP) is 3.32. The first-order chi connectivity index (χ1) is 9.04. The number of rotatable bonds is 8. The molecular formula is C16H25NO2. The van der Waals surface area contributed by atoms with Gasteiger partial charge in [0.05, 0.1) is 13.2 Å². The molecule has 1 aromatic carbocycles. The van der Waals surface area contributed by atoms with Gasteiger partial charge in [-0.05, 0) is 38.8 Å². The van der Waals surface area contributed by atoms with Gasteiger partial charge >= 0.3 is 0 Å². The molecule has 0 aromatic heterocycles. The SMILES string of the molecule is C=C(C)CCOc1c(CC(C)N)cccc1OCC. The summed E-state index contributed by atoms with van der Waals surface area (Å²) in [6, 6.07) is 6.06. The number of benzene rings is 1. The molecule has 1 atom stereocenters. The van der Waals surface area contributed by atoms with Crippen molar-refractivity contribution in [3.05, 3.63) is 35.9 Å². The molecule has 0 radical (unpaired) electrons. The van der Waals surface area contributed by atoms with Gasteiger partial charge in [-0.25, -0.2) is 0 Å². The van der Waals surface area contributed by atoms with Crippen LogP contribution in [0.1, 0.15) is 32.8 Å². The summed E-state index contributed by atoms with van der Waals surface area (Å²) in [7, 11) is 0. The molecule has 1 unspecified atom stereocenters. The predicted molar refractivity (Wildman–Crippen MR) is 79.9 cm³/mol. The first kappa shape index (κ1) is 15.6. The summed E-state index contributed by atoms with van der Waals surface area (Å²) < 4.78 is 11.5. The van der Waals surface area contributed by atoms with Gasteiger partial charge in [-0.15, -0.1) is 6.58 Å². The molecule has 106 valence electrons. The molecule has 2 N–H and O–H groups in total. The summed E-state index contributed by atoms with van der Waals surface area (Å²) in [5.41, 5.74) is 8.10. The number of nitrogens with two attached hydrogens (primary N) is 1. The Kier molecular flexibility index (Phi) is 6.43. The van der Waals surface area contributed by atoms with Crippen molar-refractivity contribution >= 4 is 0 Å². The van der Waals surface area contributed by atoms with Crippen molar-refractivity contribution < 1.29 is 9.47 Å². The molecule has 0 aliphatic heterocycles. The molecule has 0 saturated carbocycles. The minimum absolute atomic E-state index is 0.0976. The summed E-state index contributed by atoms with van der Waals surface area (Å²) in [5.74, 6) is 1.62. The van der Waals surface area contributed by atoms with Crippen molar-refractivity contribution in [2.75, 3.05) is 13.2 Å². The summed E-state index contributed by atoms with van der Waals surface area (Å²) in [6.45, 7) is 11.1. The Morgan fingerprint density at radius 1 is 1.37 bits per heavy atom. The van der Waals surface area contributed by atoms with Gasteiger partial charge in [0.25, 0.3) is 0 Å². The summed E-state index contributed by atoms with van der Waals surface area (Å²) in [5, 5.41) is 0. The maximum absolute atomic E-state index is 5.89. The van der Waals surface area contributed by atoms with E-state index in [1.165, 1.54) is 0 Å². The Morgan fingerprint density at radius 2 is 2.11 bits per heavy atom. The van der Waals surface area contributed by atoms with Gasteiger partial charge in [-0.2, -0.15) is 0 Å². The van der Waals surface area contributed by atoms with E-state index in [4.69, 9.17) is 15.2 Å². The van der Waals surface area contributed by atoms with Crippen LogP contribution in [-0.2, 0) is 6.42 Å². The smallest absolute Gasteiger partial charge is 0.164 e. The lowest BCUT2D eigenvalue weighted by Gasteiger charge is -2.17. The lowest BCUT2D eigenvalue weighted by atomic mass is 10.1. The van der Waals surface area contributed by atoms with Crippen molar-refractivity contribution in [2.45, 2.75) is 39.7 Å². The molecule has 0 amide bonds. The summed E-state index contributed by atoms with van der Waals surface area (Å²) in [4.78, 5) is 0. The average Bonchev–Trinajstić information content (AvgIpc) is 2.31. The van der Waals surface area contributed by atoms with Crippen LogP contribution >= 0.6 is 0 Å². The van der Waals surface area contributed by atoms with Gasteiger partial charge in [0.15, 0.2) is 11.5 Å². The quantitative estimate of drug-likeness (QED) is 0.732. The molecule has 0 spiro atoms. The second-order valence-electron chi connectivity index (χ2n) is 4.91. The van der Waals surface area contributed by atoms with E-state index < -0.39 is 0 Å². The Balaban J connectivity index is 2.89. The molecule has 0 heterocycles. The molecule has 3 nitrogen and oxygen atoms in total. The Bertz CT molecular complexity index is 413. The van der Waals surface area contributed by atoms with Crippen molar-refractivity contribution in [3.63, 3.8) is 0 Å². The molecule has 0 aliphatic rings. The Morgan fingerprint density at radius 3 is 2.68 bits per heavy atom. The second kappa shape index (κ2) is 7.85. The Labute approximate surface area is 116 Å². The zero-order valence-corrected chi connectivity index (χ0v) is 12.2. The first-order valence-corrected chi connectivity index (χ1v) is 6.82. The highest BCUT2D eigenvalue weighted by Crippen LogP contribution is 2.32. The van der Waals surface area contributed by atoms with Crippen molar-refractivity contribution in [1.82, 2.24) is 0 Å². The lowest BCUT2D eigenvalue weighted by molar-refractivity contribution is 0.276. The molecule has 0 bridgehead atoms. The molecule has 3 heteroatoms. The Hall–Kier alpha value is -1.48. The van der Waals surface area contributed by atoms with E-state index in [2.05, 4.69) is 6.58 Å². The zero-order valence-electron chi connectivity index (χ0n) is 12.2. The summed E-state index contributed by atoms with van der Waals surface area (Å²) in [6.07, 6.45) is 1.63. The van der Waals surface area contributed by atoms with Gasteiger partial charge in [-0.1, -0.05) is 17.7 Å². The molecule has 1 rings (SSSR count). The van der Waals surface area contributed by atoms with E-state index in [1.54, 1.807) is 0 Å². The van der Waals surface area contributed by atoms with E-state index in [0.717, 1.165) is 35.5 Å². The van der Waals surface area contributed by atoms with Crippen LogP contribution in [0.4, 0.5) is 0 Å². The van der Waals surface area contributed by atoms with Crippen LogP contribution in [0.15, 0.2) is 30.4 Å². The van der Waals surface area contributed by atoms with Crippen LogP contribution in [0.5, 0.6) is 11.5 Å². The van der Waals surface area contributed by atoms with E-state index in [0.29, 0.717) is 13.2 Å². The van der Waals surface area contributed by atoms with Gasteiger partial charge < -0.3 is 15.2 Å². The fourth-order valence-electron chi connectivity index (χ4n) is 1.83. The highest BCUT2D eigenvalue weighted by molar-refractivity contribution is 5.47. The maximum Gasteiger partial charge on any atom is 0.164 e. The van der Waals surface area contributed by atoms with Crippen molar-refractivity contribution in [2.24, 2.45) is 5.73 Å². The van der Waals surface area contributed by atoms with Gasteiger partial charge in [-0.3, -0.25) is 0 Å². The monoisotopic (exact) mass is 263 g/mol. The largest absolute Gasteiger partial charge is 0.490 e. The topological polar surface area (TPSA) is 44.5 Å².